The van der Waals surface area contributed by atoms with Gasteiger partial charge in [0.15, 0.2) is 5.82 Å². The molecule has 5 nitrogen and oxygen atoms in total. The first-order valence-corrected chi connectivity index (χ1v) is 4.10. The van der Waals surface area contributed by atoms with Gasteiger partial charge in [-0.2, -0.15) is 0 Å². The molecule has 1 aromatic heterocycles. The molecule has 2 rings (SSSR count). The number of aromatic nitrogens is 3. The first-order valence-electron chi connectivity index (χ1n) is 4.10. The molecule has 0 aromatic carbocycles. The van der Waals surface area contributed by atoms with Crippen molar-refractivity contribution in [1.82, 2.24) is 14.8 Å². The van der Waals surface area contributed by atoms with Crippen LogP contribution in [0.2, 0.25) is 0 Å². The van der Waals surface area contributed by atoms with Gasteiger partial charge in [-0.05, 0) is 12.8 Å². The minimum Gasteiger partial charge on any atom is -0.384 e. The Hall–Kier alpha value is -0.940. The molecular formula is C7H12N4O. The van der Waals surface area contributed by atoms with Crippen LogP contribution in [0.3, 0.4) is 0 Å². The lowest BCUT2D eigenvalue weighted by Gasteiger charge is -2.08. The molecule has 0 unspecified atom stereocenters. The highest BCUT2D eigenvalue weighted by Gasteiger charge is 2.27. The van der Waals surface area contributed by atoms with E-state index in [2.05, 4.69) is 10.2 Å². The predicted octanol–water partition coefficient (Wildman–Crippen LogP) is -0.395. The number of hydrogen-bond acceptors (Lipinski definition) is 4. The highest BCUT2D eigenvalue weighted by Crippen LogP contribution is 2.36. The van der Waals surface area contributed by atoms with E-state index in [9.17, 15) is 5.11 Å². The summed E-state index contributed by atoms with van der Waals surface area (Å²) in [5, 5.41) is 17.0. The van der Waals surface area contributed by atoms with Crippen LogP contribution >= 0.6 is 0 Å². The third-order valence-electron chi connectivity index (χ3n) is 2.06. The largest absolute Gasteiger partial charge is 0.384 e. The zero-order valence-electron chi connectivity index (χ0n) is 6.72. The lowest BCUT2D eigenvalue weighted by atomic mass is 10.3. The van der Waals surface area contributed by atoms with Gasteiger partial charge in [0.2, 0.25) is 0 Å². The van der Waals surface area contributed by atoms with Crippen molar-refractivity contribution in [2.75, 3.05) is 6.54 Å². The summed E-state index contributed by atoms with van der Waals surface area (Å²) in [6, 6.07) is 0.496. The average molecular weight is 168 g/mol. The first kappa shape index (κ1) is 7.70. The molecule has 12 heavy (non-hydrogen) atoms. The number of nitrogens with zero attached hydrogens (tertiary/aromatic N) is 3. The van der Waals surface area contributed by atoms with Crippen molar-refractivity contribution in [1.29, 1.82) is 0 Å². The van der Waals surface area contributed by atoms with E-state index in [0.29, 0.717) is 11.9 Å². The van der Waals surface area contributed by atoms with E-state index in [4.69, 9.17) is 5.73 Å². The second-order valence-corrected chi connectivity index (χ2v) is 3.08. The molecule has 0 amide bonds. The zero-order chi connectivity index (χ0) is 8.55. The summed E-state index contributed by atoms with van der Waals surface area (Å²) in [6.45, 7) is 0.200. The number of hydrogen-bond donors (Lipinski definition) is 2. The van der Waals surface area contributed by atoms with Crippen LogP contribution in [-0.4, -0.2) is 26.4 Å². The van der Waals surface area contributed by atoms with Crippen molar-refractivity contribution in [3.05, 3.63) is 12.2 Å². The Labute approximate surface area is 70.2 Å². The number of aliphatic hydroxyl groups is 1. The van der Waals surface area contributed by atoms with E-state index in [1.807, 2.05) is 4.57 Å². The maximum absolute atomic E-state index is 9.43. The molecule has 3 N–H and O–H groups in total. The maximum atomic E-state index is 9.43. The fourth-order valence-electron chi connectivity index (χ4n) is 1.23. The van der Waals surface area contributed by atoms with Crippen molar-refractivity contribution in [2.24, 2.45) is 5.73 Å². The Bertz CT molecular complexity index is 268. The topological polar surface area (TPSA) is 77.0 Å². The second kappa shape index (κ2) is 2.84. The summed E-state index contributed by atoms with van der Waals surface area (Å²) in [7, 11) is 0. The SMILES string of the molecule is NC[C@H](O)c1nncn1C1CC1. The molecule has 5 heteroatoms. The Balaban J connectivity index is 2.23. The van der Waals surface area contributed by atoms with Crippen LogP contribution in [0.5, 0.6) is 0 Å². The molecule has 1 heterocycles. The fraction of sp³-hybridized carbons (Fsp3) is 0.714. The maximum Gasteiger partial charge on any atom is 0.163 e. The molecule has 1 aliphatic rings. The van der Waals surface area contributed by atoms with Gasteiger partial charge < -0.3 is 15.4 Å². The van der Waals surface area contributed by atoms with Crippen LogP contribution in [0.1, 0.15) is 30.8 Å². The van der Waals surface area contributed by atoms with Crippen molar-refractivity contribution in [3.63, 3.8) is 0 Å². The minimum atomic E-state index is -0.673. The highest BCUT2D eigenvalue weighted by atomic mass is 16.3. The van der Waals surface area contributed by atoms with E-state index in [1.165, 1.54) is 0 Å². The summed E-state index contributed by atoms with van der Waals surface area (Å²) in [4.78, 5) is 0. The molecule has 1 aliphatic carbocycles. The molecule has 1 atom stereocenters. The molecule has 0 spiro atoms. The molecule has 0 bridgehead atoms. The first-order chi connectivity index (χ1) is 5.83. The van der Waals surface area contributed by atoms with Gasteiger partial charge in [-0.1, -0.05) is 0 Å². The van der Waals surface area contributed by atoms with Crippen molar-refractivity contribution < 1.29 is 5.11 Å². The number of nitrogens with two attached hydrogens (primary N) is 1. The fourth-order valence-corrected chi connectivity index (χ4v) is 1.23. The van der Waals surface area contributed by atoms with Crippen molar-refractivity contribution in [3.8, 4) is 0 Å². The molecule has 0 aliphatic heterocycles. The standard InChI is InChI=1S/C7H12N4O/c8-3-6(12)7-10-9-4-11(7)5-1-2-5/h4-6,12H,1-3,8H2/t6-/m0/s1. The van der Waals surface area contributed by atoms with E-state index >= 15 is 0 Å². The monoisotopic (exact) mass is 168 g/mol. The number of aliphatic hydroxyl groups excluding tert-OH is 1. The van der Waals surface area contributed by atoms with E-state index in [1.54, 1.807) is 6.33 Å². The minimum absolute atomic E-state index is 0.200. The Morgan fingerprint density at radius 2 is 2.50 bits per heavy atom. The second-order valence-electron chi connectivity index (χ2n) is 3.08. The smallest absolute Gasteiger partial charge is 0.163 e. The molecule has 66 valence electrons. The Morgan fingerprint density at radius 1 is 1.75 bits per heavy atom. The lowest BCUT2D eigenvalue weighted by Crippen LogP contribution is -2.16. The van der Waals surface area contributed by atoms with Crippen LogP contribution in [-0.2, 0) is 0 Å². The van der Waals surface area contributed by atoms with Crippen LogP contribution in [0.25, 0.3) is 0 Å². The van der Waals surface area contributed by atoms with Crippen LogP contribution in [0, 0.1) is 0 Å². The molecule has 0 saturated heterocycles. The normalized spacial score (nSPS) is 19.5. The van der Waals surface area contributed by atoms with Gasteiger partial charge in [-0.3, -0.25) is 0 Å². The Kier molecular flexibility index (Phi) is 1.82. The lowest BCUT2D eigenvalue weighted by molar-refractivity contribution is 0.171. The highest BCUT2D eigenvalue weighted by molar-refractivity contribution is 4.98. The summed E-state index contributed by atoms with van der Waals surface area (Å²) >= 11 is 0. The summed E-state index contributed by atoms with van der Waals surface area (Å²) in [6.07, 6.45) is 3.30. The van der Waals surface area contributed by atoms with Gasteiger partial charge in [0.05, 0.1) is 0 Å². The van der Waals surface area contributed by atoms with E-state index in [0.717, 1.165) is 12.8 Å². The molecule has 1 saturated carbocycles. The molecule has 0 radical (unpaired) electrons. The average Bonchev–Trinajstić information content (AvgIpc) is 2.83. The van der Waals surface area contributed by atoms with E-state index < -0.39 is 6.10 Å². The third kappa shape index (κ3) is 1.21. The van der Waals surface area contributed by atoms with Gasteiger partial charge >= 0.3 is 0 Å². The molecule has 1 aromatic rings. The van der Waals surface area contributed by atoms with Gasteiger partial charge in [0.25, 0.3) is 0 Å². The van der Waals surface area contributed by atoms with Crippen molar-refractivity contribution >= 4 is 0 Å². The van der Waals surface area contributed by atoms with Crippen LogP contribution < -0.4 is 5.73 Å². The van der Waals surface area contributed by atoms with Gasteiger partial charge in [-0.15, -0.1) is 10.2 Å². The Morgan fingerprint density at radius 3 is 3.08 bits per heavy atom. The third-order valence-corrected chi connectivity index (χ3v) is 2.06. The summed E-state index contributed by atoms with van der Waals surface area (Å²) in [5.74, 6) is 0.597. The van der Waals surface area contributed by atoms with E-state index in [-0.39, 0.29) is 6.54 Å². The van der Waals surface area contributed by atoms with Crippen LogP contribution in [0.15, 0.2) is 6.33 Å². The predicted molar refractivity (Wildman–Crippen MR) is 42.3 cm³/mol. The van der Waals surface area contributed by atoms with Gasteiger partial charge in [0.1, 0.15) is 12.4 Å². The quantitative estimate of drug-likeness (QED) is 0.644. The summed E-state index contributed by atoms with van der Waals surface area (Å²) in [5.41, 5.74) is 5.32. The van der Waals surface area contributed by atoms with Gasteiger partial charge in [-0.25, -0.2) is 0 Å². The van der Waals surface area contributed by atoms with Gasteiger partial charge in [0, 0.05) is 12.6 Å². The number of rotatable bonds is 3. The summed E-state index contributed by atoms with van der Waals surface area (Å²) < 4.78 is 1.91. The van der Waals surface area contributed by atoms with Crippen LogP contribution in [0.4, 0.5) is 0 Å². The molecular weight excluding hydrogens is 156 g/mol. The zero-order valence-corrected chi connectivity index (χ0v) is 6.72. The van der Waals surface area contributed by atoms with Crippen molar-refractivity contribution in [2.45, 2.75) is 25.0 Å². The molecule has 1 fully saturated rings.